The van der Waals surface area contributed by atoms with E-state index in [1.165, 1.54) is 0 Å². The van der Waals surface area contributed by atoms with E-state index < -0.39 is 0 Å². The van der Waals surface area contributed by atoms with E-state index in [1.54, 1.807) is 0 Å². The molecule has 0 aromatic carbocycles. The number of halogens is 1. The fraction of sp³-hybridized carbons (Fsp3) is 0.417. The van der Waals surface area contributed by atoms with Crippen LogP contribution in [0.4, 0.5) is 5.82 Å². The third-order valence-corrected chi connectivity index (χ3v) is 2.81. The molecule has 0 aliphatic rings. The smallest absolute Gasteiger partial charge is 0.155 e. The van der Waals surface area contributed by atoms with Crippen molar-refractivity contribution in [2.45, 2.75) is 20.3 Å². The number of nitrogens with zero attached hydrogens (tertiary/aromatic N) is 2. The average Bonchev–Trinajstić information content (AvgIpc) is 2.55. The third kappa shape index (κ3) is 1.87. The van der Waals surface area contributed by atoms with Crippen molar-refractivity contribution in [3.05, 3.63) is 29.2 Å². The lowest BCUT2D eigenvalue weighted by Crippen LogP contribution is -2.04. The Bertz CT molecular complexity index is 502. The van der Waals surface area contributed by atoms with E-state index in [0.29, 0.717) is 11.1 Å². The highest BCUT2D eigenvalue weighted by atomic mass is 35.5. The molecule has 2 heterocycles. The second-order valence-corrected chi connectivity index (χ2v) is 4.66. The standard InChI is InChI=1S/C12H16ClN3/c1-8(2)7-11-15-12(13)9-5-4-6-10(14-3)16(9)11/h4-6,8,14H,7H2,1-3H3. The van der Waals surface area contributed by atoms with Gasteiger partial charge in [0.2, 0.25) is 0 Å². The number of pyridine rings is 1. The van der Waals surface area contributed by atoms with Crippen LogP contribution in [0.2, 0.25) is 5.15 Å². The minimum Gasteiger partial charge on any atom is -0.374 e. The van der Waals surface area contributed by atoms with Crippen molar-refractivity contribution in [3.63, 3.8) is 0 Å². The maximum atomic E-state index is 6.13. The van der Waals surface area contributed by atoms with E-state index in [1.807, 2.05) is 25.2 Å². The molecule has 0 bridgehead atoms. The van der Waals surface area contributed by atoms with Gasteiger partial charge in [0.05, 0.1) is 5.52 Å². The highest BCUT2D eigenvalue weighted by molar-refractivity contribution is 6.32. The Labute approximate surface area is 100 Å². The van der Waals surface area contributed by atoms with Crippen molar-refractivity contribution < 1.29 is 0 Å². The number of imidazole rings is 1. The lowest BCUT2D eigenvalue weighted by atomic mass is 10.1. The van der Waals surface area contributed by atoms with Crippen molar-refractivity contribution in [2.75, 3.05) is 12.4 Å². The summed E-state index contributed by atoms with van der Waals surface area (Å²) in [5, 5.41) is 3.74. The summed E-state index contributed by atoms with van der Waals surface area (Å²) < 4.78 is 2.09. The van der Waals surface area contributed by atoms with E-state index in [9.17, 15) is 0 Å². The molecule has 0 unspecified atom stereocenters. The van der Waals surface area contributed by atoms with Crippen molar-refractivity contribution in [1.29, 1.82) is 0 Å². The van der Waals surface area contributed by atoms with Crippen molar-refractivity contribution >= 4 is 22.9 Å². The largest absolute Gasteiger partial charge is 0.374 e. The van der Waals surface area contributed by atoms with Gasteiger partial charge in [0, 0.05) is 13.5 Å². The zero-order valence-corrected chi connectivity index (χ0v) is 10.5. The average molecular weight is 238 g/mol. The second kappa shape index (κ2) is 4.34. The molecule has 0 aliphatic heterocycles. The molecule has 4 heteroatoms. The van der Waals surface area contributed by atoms with Crippen LogP contribution in [0.25, 0.3) is 5.52 Å². The topological polar surface area (TPSA) is 29.3 Å². The number of hydrogen-bond acceptors (Lipinski definition) is 2. The maximum absolute atomic E-state index is 6.13. The SMILES string of the molecule is CNc1cccc2c(Cl)nc(CC(C)C)n12. The van der Waals surface area contributed by atoms with E-state index in [4.69, 9.17) is 11.6 Å². The first-order chi connectivity index (χ1) is 7.63. The van der Waals surface area contributed by atoms with Gasteiger partial charge in [0.15, 0.2) is 5.15 Å². The molecule has 0 aliphatic carbocycles. The summed E-state index contributed by atoms with van der Waals surface area (Å²) in [6, 6.07) is 5.99. The van der Waals surface area contributed by atoms with Gasteiger partial charge in [0.1, 0.15) is 11.6 Å². The Morgan fingerprint density at radius 3 is 2.81 bits per heavy atom. The molecule has 2 aromatic heterocycles. The second-order valence-electron chi connectivity index (χ2n) is 4.30. The molecule has 0 radical (unpaired) electrons. The minimum atomic E-state index is 0.562. The van der Waals surface area contributed by atoms with E-state index in [-0.39, 0.29) is 0 Å². The molecule has 0 atom stereocenters. The third-order valence-electron chi connectivity index (χ3n) is 2.53. The van der Waals surface area contributed by atoms with Gasteiger partial charge in [-0.05, 0) is 18.1 Å². The van der Waals surface area contributed by atoms with Gasteiger partial charge in [-0.1, -0.05) is 31.5 Å². The van der Waals surface area contributed by atoms with Crippen LogP contribution < -0.4 is 5.32 Å². The molecular weight excluding hydrogens is 222 g/mol. The fourth-order valence-electron chi connectivity index (χ4n) is 1.87. The number of anilines is 1. The van der Waals surface area contributed by atoms with Crippen LogP contribution in [-0.4, -0.2) is 16.4 Å². The molecule has 1 N–H and O–H groups in total. The predicted octanol–water partition coefficient (Wildman–Crippen LogP) is 3.23. The van der Waals surface area contributed by atoms with Crippen LogP contribution in [0.5, 0.6) is 0 Å². The summed E-state index contributed by atoms with van der Waals surface area (Å²) in [5.41, 5.74) is 0.962. The first kappa shape index (κ1) is 11.3. The van der Waals surface area contributed by atoms with Gasteiger partial charge in [-0.25, -0.2) is 4.98 Å². The summed E-state index contributed by atoms with van der Waals surface area (Å²) in [4.78, 5) is 4.43. The quantitative estimate of drug-likeness (QED) is 0.888. The monoisotopic (exact) mass is 237 g/mol. The Hall–Kier alpha value is -1.22. The van der Waals surface area contributed by atoms with E-state index >= 15 is 0 Å². The van der Waals surface area contributed by atoms with Crippen LogP contribution in [0.1, 0.15) is 19.7 Å². The lowest BCUT2D eigenvalue weighted by molar-refractivity contribution is 0.620. The number of nitrogens with one attached hydrogen (secondary N) is 1. The Kier molecular flexibility index (Phi) is 3.06. The molecule has 2 aromatic rings. The van der Waals surface area contributed by atoms with Gasteiger partial charge >= 0.3 is 0 Å². The van der Waals surface area contributed by atoms with E-state index in [0.717, 1.165) is 23.6 Å². The minimum absolute atomic E-state index is 0.562. The summed E-state index contributed by atoms with van der Waals surface area (Å²) in [7, 11) is 1.90. The Balaban J connectivity index is 2.64. The number of rotatable bonds is 3. The van der Waals surface area contributed by atoms with Gasteiger partial charge < -0.3 is 5.32 Å². The zero-order chi connectivity index (χ0) is 11.7. The molecule has 0 spiro atoms. The Morgan fingerprint density at radius 2 is 2.19 bits per heavy atom. The van der Waals surface area contributed by atoms with Crippen LogP contribution >= 0.6 is 11.6 Å². The molecule has 3 nitrogen and oxygen atoms in total. The summed E-state index contributed by atoms with van der Waals surface area (Å²) >= 11 is 6.13. The number of hydrogen-bond donors (Lipinski definition) is 1. The number of fused-ring (bicyclic) bond motifs is 1. The fourth-order valence-corrected chi connectivity index (χ4v) is 2.11. The molecule has 0 amide bonds. The lowest BCUT2D eigenvalue weighted by Gasteiger charge is -2.09. The zero-order valence-electron chi connectivity index (χ0n) is 9.79. The van der Waals surface area contributed by atoms with Crippen LogP contribution in [0, 0.1) is 5.92 Å². The number of aromatic nitrogens is 2. The van der Waals surface area contributed by atoms with Gasteiger partial charge in [0.25, 0.3) is 0 Å². The molecule has 0 saturated carbocycles. The van der Waals surface area contributed by atoms with Gasteiger partial charge in [-0.15, -0.1) is 0 Å². The summed E-state index contributed by atoms with van der Waals surface area (Å²) in [6.45, 7) is 4.36. The molecule has 0 saturated heterocycles. The first-order valence-corrected chi connectivity index (χ1v) is 5.85. The van der Waals surface area contributed by atoms with Crippen LogP contribution in [0.15, 0.2) is 18.2 Å². The van der Waals surface area contributed by atoms with Crippen molar-refractivity contribution in [2.24, 2.45) is 5.92 Å². The van der Waals surface area contributed by atoms with Crippen LogP contribution in [0.3, 0.4) is 0 Å². The molecule has 0 fully saturated rings. The first-order valence-electron chi connectivity index (χ1n) is 5.47. The normalized spacial score (nSPS) is 11.3. The molecule has 86 valence electrons. The molecule has 16 heavy (non-hydrogen) atoms. The van der Waals surface area contributed by atoms with Crippen LogP contribution in [-0.2, 0) is 6.42 Å². The van der Waals surface area contributed by atoms with Gasteiger partial charge in [-0.2, -0.15) is 0 Å². The predicted molar refractivity (Wildman–Crippen MR) is 68.3 cm³/mol. The molecule has 2 rings (SSSR count). The van der Waals surface area contributed by atoms with Crippen molar-refractivity contribution in [3.8, 4) is 0 Å². The highest BCUT2D eigenvalue weighted by Crippen LogP contribution is 2.23. The van der Waals surface area contributed by atoms with Crippen molar-refractivity contribution in [1.82, 2.24) is 9.38 Å². The van der Waals surface area contributed by atoms with E-state index in [2.05, 4.69) is 28.5 Å². The molecular formula is C12H16ClN3. The summed E-state index contributed by atoms with van der Waals surface area (Å²) in [5.74, 6) is 2.60. The van der Waals surface area contributed by atoms with Gasteiger partial charge in [-0.3, -0.25) is 4.40 Å². The Morgan fingerprint density at radius 1 is 1.44 bits per heavy atom. The maximum Gasteiger partial charge on any atom is 0.155 e. The summed E-state index contributed by atoms with van der Waals surface area (Å²) in [6.07, 6.45) is 0.923. The highest BCUT2D eigenvalue weighted by Gasteiger charge is 2.12.